The van der Waals surface area contributed by atoms with Gasteiger partial charge in [-0.15, -0.1) is 0 Å². The van der Waals surface area contributed by atoms with Gasteiger partial charge in [0.15, 0.2) is 0 Å². The van der Waals surface area contributed by atoms with Gasteiger partial charge in [-0.1, -0.05) is 13.0 Å². The Morgan fingerprint density at radius 2 is 1.95 bits per heavy atom. The van der Waals surface area contributed by atoms with Crippen molar-refractivity contribution in [2.45, 2.75) is 32.7 Å². The van der Waals surface area contributed by atoms with E-state index in [1.54, 1.807) is 6.07 Å². The Morgan fingerprint density at radius 1 is 1.20 bits per heavy atom. The standard InChI is InChI=1S/C17H21FN2/c1-3-8-20-17(14-6-9-19-10-7-14)12-15-4-5-16(18)11-13(15)2/h4-7,9-11,17,20H,3,8,12H2,1-2H3. The maximum absolute atomic E-state index is 13.2. The molecule has 0 bridgehead atoms. The third-order valence-corrected chi connectivity index (χ3v) is 3.48. The Kier molecular flexibility index (Phi) is 5.24. The minimum atomic E-state index is -0.173. The first-order valence-corrected chi connectivity index (χ1v) is 7.09. The molecule has 2 aromatic rings. The lowest BCUT2D eigenvalue weighted by Crippen LogP contribution is -2.24. The van der Waals surface area contributed by atoms with Gasteiger partial charge in [0, 0.05) is 18.4 Å². The first-order valence-electron chi connectivity index (χ1n) is 7.09. The summed E-state index contributed by atoms with van der Waals surface area (Å²) in [6, 6.07) is 9.32. The van der Waals surface area contributed by atoms with Crippen LogP contribution in [-0.2, 0) is 6.42 Å². The minimum Gasteiger partial charge on any atom is -0.310 e. The SMILES string of the molecule is CCCNC(Cc1ccc(F)cc1C)c1ccncc1. The molecule has 20 heavy (non-hydrogen) atoms. The number of halogens is 1. The fourth-order valence-corrected chi connectivity index (χ4v) is 2.33. The van der Waals surface area contributed by atoms with E-state index in [1.807, 2.05) is 37.5 Å². The van der Waals surface area contributed by atoms with E-state index >= 15 is 0 Å². The third kappa shape index (κ3) is 3.87. The van der Waals surface area contributed by atoms with Crippen LogP contribution in [0.1, 0.15) is 36.1 Å². The number of aromatic nitrogens is 1. The van der Waals surface area contributed by atoms with Crippen molar-refractivity contribution in [1.29, 1.82) is 0 Å². The maximum Gasteiger partial charge on any atom is 0.123 e. The maximum atomic E-state index is 13.2. The molecule has 106 valence electrons. The topological polar surface area (TPSA) is 24.9 Å². The Hall–Kier alpha value is -1.74. The Morgan fingerprint density at radius 3 is 2.60 bits per heavy atom. The van der Waals surface area contributed by atoms with Gasteiger partial charge < -0.3 is 5.32 Å². The van der Waals surface area contributed by atoms with E-state index in [2.05, 4.69) is 17.2 Å². The number of aryl methyl sites for hydroxylation is 1. The lowest BCUT2D eigenvalue weighted by atomic mass is 9.96. The van der Waals surface area contributed by atoms with Crippen LogP contribution in [0.25, 0.3) is 0 Å². The van der Waals surface area contributed by atoms with E-state index in [4.69, 9.17) is 0 Å². The Balaban J connectivity index is 2.19. The molecule has 0 saturated carbocycles. The highest BCUT2D eigenvalue weighted by molar-refractivity contribution is 5.29. The van der Waals surface area contributed by atoms with Gasteiger partial charge in [0.05, 0.1) is 0 Å². The molecule has 1 heterocycles. The number of benzene rings is 1. The normalized spacial score (nSPS) is 12.3. The van der Waals surface area contributed by atoms with Gasteiger partial charge in [-0.05, 0) is 67.3 Å². The highest BCUT2D eigenvalue weighted by Gasteiger charge is 2.12. The molecule has 0 radical (unpaired) electrons. The molecule has 2 rings (SSSR count). The second kappa shape index (κ2) is 7.15. The molecule has 0 saturated heterocycles. The van der Waals surface area contributed by atoms with Crippen LogP contribution in [0.5, 0.6) is 0 Å². The summed E-state index contributed by atoms with van der Waals surface area (Å²) in [5.41, 5.74) is 3.40. The quantitative estimate of drug-likeness (QED) is 0.865. The summed E-state index contributed by atoms with van der Waals surface area (Å²) in [6.45, 7) is 5.08. The summed E-state index contributed by atoms with van der Waals surface area (Å²) in [5.74, 6) is -0.173. The first-order chi connectivity index (χ1) is 9.70. The van der Waals surface area contributed by atoms with Crippen LogP contribution in [0, 0.1) is 12.7 Å². The fraction of sp³-hybridized carbons (Fsp3) is 0.353. The molecule has 1 N–H and O–H groups in total. The second-order valence-corrected chi connectivity index (χ2v) is 5.06. The lowest BCUT2D eigenvalue weighted by Gasteiger charge is -2.20. The number of pyridine rings is 1. The number of rotatable bonds is 6. The molecular formula is C17H21FN2. The number of nitrogens with zero attached hydrogens (tertiary/aromatic N) is 1. The van der Waals surface area contributed by atoms with Crippen molar-refractivity contribution in [2.75, 3.05) is 6.54 Å². The molecule has 1 unspecified atom stereocenters. The minimum absolute atomic E-state index is 0.173. The number of hydrogen-bond donors (Lipinski definition) is 1. The molecule has 0 fully saturated rings. The van der Waals surface area contributed by atoms with Crippen molar-refractivity contribution in [3.63, 3.8) is 0 Å². The van der Waals surface area contributed by atoms with Gasteiger partial charge in [0.1, 0.15) is 5.82 Å². The van der Waals surface area contributed by atoms with Gasteiger partial charge in [-0.25, -0.2) is 4.39 Å². The van der Waals surface area contributed by atoms with Crippen molar-refractivity contribution in [3.05, 3.63) is 65.2 Å². The summed E-state index contributed by atoms with van der Waals surface area (Å²) in [5, 5.41) is 3.55. The van der Waals surface area contributed by atoms with Crippen molar-refractivity contribution in [3.8, 4) is 0 Å². The van der Waals surface area contributed by atoms with Crippen LogP contribution in [0.2, 0.25) is 0 Å². The van der Waals surface area contributed by atoms with Crippen LogP contribution < -0.4 is 5.32 Å². The molecule has 0 aliphatic carbocycles. The van der Waals surface area contributed by atoms with Crippen LogP contribution >= 0.6 is 0 Å². The number of hydrogen-bond acceptors (Lipinski definition) is 2. The Bertz CT molecular complexity index is 540. The van der Waals surface area contributed by atoms with Crippen molar-refractivity contribution >= 4 is 0 Å². The van der Waals surface area contributed by atoms with Gasteiger partial charge in [0.2, 0.25) is 0 Å². The molecule has 1 aromatic carbocycles. The van der Waals surface area contributed by atoms with E-state index in [0.717, 1.165) is 24.9 Å². The van der Waals surface area contributed by atoms with Gasteiger partial charge in [-0.3, -0.25) is 4.98 Å². The first kappa shape index (κ1) is 14.7. The zero-order valence-corrected chi connectivity index (χ0v) is 12.1. The van der Waals surface area contributed by atoms with Crippen molar-refractivity contribution in [1.82, 2.24) is 10.3 Å². The van der Waals surface area contributed by atoms with Crippen molar-refractivity contribution in [2.24, 2.45) is 0 Å². The molecule has 3 heteroatoms. The highest BCUT2D eigenvalue weighted by atomic mass is 19.1. The zero-order chi connectivity index (χ0) is 14.4. The number of nitrogens with one attached hydrogen (secondary N) is 1. The molecule has 0 amide bonds. The van der Waals surface area contributed by atoms with Crippen LogP contribution in [0.3, 0.4) is 0 Å². The lowest BCUT2D eigenvalue weighted by molar-refractivity contribution is 0.527. The zero-order valence-electron chi connectivity index (χ0n) is 12.1. The predicted molar refractivity (Wildman–Crippen MR) is 80.1 cm³/mol. The van der Waals surface area contributed by atoms with E-state index in [0.29, 0.717) is 0 Å². The summed E-state index contributed by atoms with van der Waals surface area (Å²) in [6.07, 6.45) is 5.57. The molecule has 1 atom stereocenters. The van der Waals surface area contributed by atoms with Crippen LogP contribution in [0.4, 0.5) is 4.39 Å². The largest absolute Gasteiger partial charge is 0.310 e. The van der Waals surface area contributed by atoms with E-state index in [-0.39, 0.29) is 11.9 Å². The third-order valence-electron chi connectivity index (χ3n) is 3.48. The van der Waals surface area contributed by atoms with E-state index in [1.165, 1.54) is 17.2 Å². The molecule has 0 aliphatic heterocycles. The Labute approximate surface area is 120 Å². The van der Waals surface area contributed by atoms with Gasteiger partial charge >= 0.3 is 0 Å². The molecular weight excluding hydrogens is 251 g/mol. The monoisotopic (exact) mass is 272 g/mol. The van der Waals surface area contributed by atoms with Crippen molar-refractivity contribution < 1.29 is 4.39 Å². The molecule has 0 aliphatic rings. The van der Waals surface area contributed by atoms with E-state index < -0.39 is 0 Å². The molecule has 2 nitrogen and oxygen atoms in total. The molecule has 0 spiro atoms. The summed E-state index contributed by atoms with van der Waals surface area (Å²) in [4.78, 5) is 4.07. The second-order valence-electron chi connectivity index (χ2n) is 5.06. The average Bonchev–Trinajstić information content (AvgIpc) is 2.46. The van der Waals surface area contributed by atoms with Crippen LogP contribution in [0.15, 0.2) is 42.7 Å². The van der Waals surface area contributed by atoms with Gasteiger partial charge in [0.25, 0.3) is 0 Å². The summed E-state index contributed by atoms with van der Waals surface area (Å²) >= 11 is 0. The van der Waals surface area contributed by atoms with Crippen LogP contribution in [-0.4, -0.2) is 11.5 Å². The summed E-state index contributed by atoms with van der Waals surface area (Å²) in [7, 11) is 0. The fourth-order valence-electron chi connectivity index (χ4n) is 2.33. The average molecular weight is 272 g/mol. The van der Waals surface area contributed by atoms with E-state index in [9.17, 15) is 4.39 Å². The van der Waals surface area contributed by atoms with Gasteiger partial charge in [-0.2, -0.15) is 0 Å². The predicted octanol–water partition coefficient (Wildman–Crippen LogP) is 3.81. The smallest absolute Gasteiger partial charge is 0.123 e. The highest BCUT2D eigenvalue weighted by Crippen LogP contribution is 2.20. The summed E-state index contributed by atoms with van der Waals surface area (Å²) < 4.78 is 13.2. The molecule has 1 aromatic heterocycles.